The van der Waals surface area contributed by atoms with Crippen molar-refractivity contribution in [1.82, 2.24) is 0 Å². The topological polar surface area (TPSA) is 9.23 Å². The summed E-state index contributed by atoms with van der Waals surface area (Å²) in [6.45, 7) is 0. The molecular weight excluding hydrogens is 553 g/mol. The van der Waals surface area contributed by atoms with Crippen LogP contribution in [0.15, 0.2) is 105 Å². The average Bonchev–Trinajstić information content (AvgIpc) is 3.72. The molecule has 0 saturated heterocycles. The van der Waals surface area contributed by atoms with Crippen LogP contribution in [0.3, 0.4) is 0 Å². The SMILES string of the molecule is c1csc([Si](O[Si](c2cccs2)(c2cccs2)c2cccs2)(c2cccs2)c2cccs2)c1. The van der Waals surface area contributed by atoms with Crippen molar-refractivity contribution in [2.24, 2.45) is 0 Å². The molecule has 6 aromatic heterocycles. The van der Waals surface area contributed by atoms with Crippen LogP contribution in [0.2, 0.25) is 0 Å². The van der Waals surface area contributed by atoms with Crippen LogP contribution < -0.4 is 27.0 Å². The van der Waals surface area contributed by atoms with Crippen LogP contribution in [0.25, 0.3) is 0 Å². The predicted molar refractivity (Wildman–Crippen MR) is 156 cm³/mol. The molecule has 9 heteroatoms. The van der Waals surface area contributed by atoms with Crippen molar-refractivity contribution < 1.29 is 4.12 Å². The van der Waals surface area contributed by atoms with Gasteiger partial charge in [-0.25, -0.2) is 0 Å². The maximum atomic E-state index is 8.03. The lowest BCUT2D eigenvalue weighted by molar-refractivity contribution is 0.606. The molecule has 164 valence electrons. The highest BCUT2D eigenvalue weighted by molar-refractivity contribution is 7.48. The van der Waals surface area contributed by atoms with Gasteiger partial charge in [-0.1, -0.05) is 36.4 Å². The quantitative estimate of drug-likeness (QED) is 0.241. The first-order valence-electron chi connectivity index (χ1n) is 10.3. The first-order chi connectivity index (χ1) is 16.3. The number of hydrogen-bond donors (Lipinski definition) is 0. The number of rotatable bonds is 8. The van der Waals surface area contributed by atoms with Gasteiger partial charge in [-0.15, -0.1) is 0 Å². The maximum Gasteiger partial charge on any atom is 0.309 e. The lowest BCUT2D eigenvalue weighted by atomic mass is 10.7. The molecule has 0 fully saturated rings. The molecule has 0 unspecified atom stereocenters. The Labute approximate surface area is 219 Å². The van der Waals surface area contributed by atoms with Crippen molar-refractivity contribution in [1.29, 1.82) is 0 Å². The van der Waals surface area contributed by atoms with Gasteiger partial charge >= 0.3 is 16.6 Å². The van der Waals surface area contributed by atoms with E-state index < -0.39 is 16.6 Å². The van der Waals surface area contributed by atoms with Crippen LogP contribution in [0.4, 0.5) is 0 Å². The highest BCUT2D eigenvalue weighted by Crippen LogP contribution is 2.25. The molecule has 0 amide bonds. The Balaban J connectivity index is 1.70. The van der Waals surface area contributed by atoms with E-state index in [1.807, 2.05) is 68.0 Å². The van der Waals surface area contributed by atoms with Gasteiger partial charge in [0.05, 0.1) is 0 Å². The van der Waals surface area contributed by atoms with E-state index in [1.54, 1.807) is 0 Å². The second-order valence-electron chi connectivity index (χ2n) is 7.33. The molecule has 0 aliphatic rings. The van der Waals surface area contributed by atoms with Crippen LogP contribution in [0.1, 0.15) is 0 Å². The maximum absolute atomic E-state index is 8.03. The molecule has 6 heterocycles. The second kappa shape index (κ2) is 9.33. The summed E-state index contributed by atoms with van der Waals surface area (Å²) < 4.78 is 16.2. The zero-order valence-electron chi connectivity index (χ0n) is 17.3. The van der Waals surface area contributed by atoms with Crippen molar-refractivity contribution in [3.8, 4) is 0 Å². The molecule has 0 aromatic carbocycles. The van der Waals surface area contributed by atoms with Crippen LogP contribution in [-0.2, 0) is 4.12 Å². The van der Waals surface area contributed by atoms with E-state index in [1.165, 1.54) is 27.0 Å². The zero-order chi connectivity index (χ0) is 22.1. The molecule has 33 heavy (non-hydrogen) atoms. The Kier molecular flexibility index (Phi) is 6.24. The molecule has 0 spiro atoms. The van der Waals surface area contributed by atoms with Gasteiger partial charge in [0.2, 0.25) is 0 Å². The first-order valence-corrected chi connectivity index (χ1v) is 19.4. The van der Waals surface area contributed by atoms with E-state index in [0.29, 0.717) is 0 Å². The minimum Gasteiger partial charge on any atom is -0.433 e. The minimum absolute atomic E-state index is 1.37. The largest absolute Gasteiger partial charge is 0.433 e. The summed E-state index contributed by atoms with van der Waals surface area (Å²) in [5, 5.41) is 13.2. The Morgan fingerprint density at radius 2 is 0.576 bits per heavy atom. The van der Waals surface area contributed by atoms with Crippen molar-refractivity contribution in [3.63, 3.8) is 0 Å². The van der Waals surface area contributed by atoms with Gasteiger partial charge < -0.3 is 4.12 Å². The van der Waals surface area contributed by atoms with Crippen LogP contribution in [0, 0.1) is 0 Å². The zero-order valence-corrected chi connectivity index (χ0v) is 24.1. The monoisotopic (exact) mass is 570 g/mol. The van der Waals surface area contributed by atoms with E-state index in [0.717, 1.165) is 0 Å². The van der Waals surface area contributed by atoms with Gasteiger partial charge in [0.15, 0.2) is 0 Å². The van der Waals surface area contributed by atoms with Crippen LogP contribution >= 0.6 is 68.0 Å². The molecule has 0 N–H and O–H groups in total. The van der Waals surface area contributed by atoms with Gasteiger partial charge in [-0.2, -0.15) is 68.0 Å². The van der Waals surface area contributed by atoms with Crippen molar-refractivity contribution in [2.75, 3.05) is 0 Å². The molecule has 6 rings (SSSR count). The highest BCUT2D eigenvalue weighted by atomic mass is 32.1. The second-order valence-corrected chi connectivity index (χ2v) is 22.0. The van der Waals surface area contributed by atoms with Crippen LogP contribution in [0.5, 0.6) is 0 Å². The standard InChI is InChI=1S/C24H18OS6Si2/c1-7-19(26-13-1)32(20-8-2-14-27-20,21-9-3-15-28-21)25-33(22-10-4-16-29-22,23-11-5-17-30-23)24-12-6-18-31-24/h1-18H. The fraction of sp³-hybridized carbons (Fsp3) is 0. The third-order valence-electron chi connectivity index (χ3n) is 5.52. The number of hydrogen-bond acceptors (Lipinski definition) is 7. The van der Waals surface area contributed by atoms with Gasteiger partial charge in [0.1, 0.15) is 0 Å². The molecule has 0 atom stereocenters. The Morgan fingerprint density at radius 3 is 0.727 bits per heavy atom. The molecular formula is C24H18OS6Si2. The van der Waals surface area contributed by atoms with E-state index >= 15 is 0 Å². The van der Waals surface area contributed by atoms with Crippen LogP contribution in [-0.4, -0.2) is 16.6 Å². The van der Waals surface area contributed by atoms with E-state index in [4.69, 9.17) is 4.12 Å². The first kappa shape index (κ1) is 22.1. The summed E-state index contributed by atoms with van der Waals surface area (Å²) in [5.41, 5.74) is 0. The van der Waals surface area contributed by atoms with Gasteiger partial charge in [-0.05, 0) is 68.7 Å². The number of thiophene rings is 6. The average molecular weight is 571 g/mol. The lowest BCUT2D eigenvalue weighted by Gasteiger charge is -2.39. The van der Waals surface area contributed by atoms with Gasteiger partial charge in [-0.3, -0.25) is 0 Å². The van der Waals surface area contributed by atoms with E-state index in [9.17, 15) is 0 Å². The summed E-state index contributed by atoms with van der Waals surface area (Å²) in [7, 11) is -5.47. The van der Waals surface area contributed by atoms with Crippen molar-refractivity contribution in [3.05, 3.63) is 105 Å². The Bertz CT molecular complexity index is 1090. The minimum atomic E-state index is -2.73. The summed E-state index contributed by atoms with van der Waals surface area (Å²) in [6.07, 6.45) is 0. The lowest BCUT2D eigenvalue weighted by Crippen LogP contribution is -2.79. The third kappa shape index (κ3) is 3.67. The summed E-state index contributed by atoms with van der Waals surface area (Å²) in [5.74, 6) is 0. The highest BCUT2D eigenvalue weighted by Gasteiger charge is 2.56. The fourth-order valence-corrected chi connectivity index (χ4v) is 27.2. The van der Waals surface area contributed by atoms with E-state index in [2.05, 4.69) is 105 Å². The molecule has 6 aromatic rings. The molecule has 0 bridgehead atoms. The predicted octanol–water partition coefficient (Wildman–Crippen LogP) is 4.71. The Hall–Kier alpha value is -1.41. The van der Waals surface area contributed by atoms with Crippen molar-refractivity contribution >= 4 is 112 Å². The molecule has 0 aliphatic carbocycles. The molecule has 0 saturated carbocycles. The molecule has 0 radical (unpaired) electrons. The smallest absolute Gasteiger partial charge is 0.309 e. The summed E-state index contributed by atoms with van der Waals surface area (Å²) in [4.78, 5) is 0. The van der Waals surface area contributed by atoms with Gasteiger partial charge in [0, 0.05) is 27.0 Å². The fourth-order valence-electron chi connectivity index (χ4n) is 4.13. The molecule has 1 nitrogen and oxygen atoms in total. The van der Waals surface area contributed by atoms with Crippen molar-refractivity contribution in [2.45, 2.75) is 0 Å². The summed E-state index contributed by atoms with van der Waals surface area (Å²) in [6, 6.07) is 26.9. The third-order valence-corrected chi connectivity index (χ3v) is 24.5. The normalized spacial score (nSPS) is 12.4. The Morgan fingerprint density at radius 1 is 0.364 bits per heavy atom. The van der Waals surface area contributed by atoms with Gasteiger partial charge in [0.25, 0.3) is 0 Å². The molecule has 0 aliphatic heterocycles. The summed E-state index contributed by atoms with van der Waals surface area (Å²) >= 11 is 11.0. The van der Waals surface area contributed by atoms with E-state index in [-0.39, 0.29) is 0 Å².